The van der Waals surface area contributed by atoms with Crippen molar-refractivity contribution in [3.63, 3.8) is 0 Å². The summed E-state index contributed by atoms with van der Waals surface area (Å²) in [6, 6.07) is 15.4. The van der Waals surface area contributed by atoms with Gasteiger partial charge in [0.25, 0.3) is 21.8 Å². The smallest absolute Gasteiger partial charge is 0.265 e. The number of hydrazone groups is 1. The van der Waals surface area contributed by atoms with Crippen molar-refractivity contribution in [1.29, 1.82) is 0 Å². The van der Waals surface area contributed by atoms with Crippen LogP contribution in [0.4, 0.5) is 5.69 Å². The molecule has 0 heterocycles. The maximum Gasteiger partial charge on any atom is 0.265 e. The first-order valence-corrected chi connectivity index (χ1v) is 14.8. The minimum absolute atomic E-state index is 0.00981. The zero-order valence-electron chi connectivity index (χ0n) is 25.3. The van der Waals surface area contributed by atoms with Gasteiger partial charge in [0.05, 0.1) is 45.2 Å². The van der Waals surface area contributed by atoms with E-state index in [1.54, 1.807) is 30.3 Å². The van der Waals surface area contributed by atoms with Gasteiger partial charge in [0.1, 0.15) is 23.8 Å². The van der Waals surface area contributed by atoms with Gasteiger partial charge in [-0.2, -0.15) is 5.10 Å². The Hall–Kier alpha value is -4.98. The highest BCUT2D eigenvalue weighted by molar-refractivity contribution is 7.92. The Balaban J connectivity index is 1.82. The molecule has 0 unspecified atom stereocenters. The fraction of sp³-hybridized carbons (Fsp3) is 0.300. The van der Waals surface area contributed by atoms with Gasteiger partial charge >= 0.3 is 0 Å². The van der Waals surface area contributed by atoms with Crippen molar-refractivity contribution in [2.24, 2.45) is 5.10 Å². The Bertz CT molecular complexity index is 1580. The van der Waals surface area contributed by atoms with Crippen LogP contribution in [0.2, 0.25) is 0 Å². The second-order valence-electron chi connectivity index (χ2n) is 9.44. The fourth-order valence-corrected chi connectivity index (χ4v) is 5.34. The molecule has 14 heteroatoms. The third-order valence-corrected chi connectivity index (χ3v) is 7.74. The van der Waals surface area contributed by atoms with Crippen LogP contribution >= 0.6 is 0 Å². The molecule has 2 amide bonds. The molecule has 0 fully saturated rings. The quantitative estimate of drug-likeness (QED) is 0.191. The monoisotopic (exact) mass is 628 g/mol. The molecule has 0 aromatic heterocycles. The predicted octanol–water partition coefficient (Wildman–Crippen LogP) is 2.97. The lowest BCUT2D eigenvalue weighted by atomic mass is 10.2. The molecule has 0 radical (unpaired) electrons. The summed E-state index contributed by atoms with van der Waals surface area (Å²) in [7, 11) is 1.27. The average Bonchev–Trinajstić information content (AvgIpc) is 3.02. The largest absolute Gasteiger partial charge is 0.497 e. The molecule has 0 aliphatic rings. The number of hydrogen-bond donors (Lipinski definition) is 2. The van der Waals surface area contributed by atoms with Crippen LogP contribution in [0.1, 0.15) is 19.4 Å². The van der Waals surface area contributed by atoms with E-state index in [1.807, 2.05) is 13.8 Å². The van der Waals surface area contributed by atoms with Crippen LogP contribution in [0.25, 0.3) is 0 Å². The van der Waals surface area contributed by atoms with E-state index < -0.39 is 22.5 Å². The first-order valence-electron chi connectivity index (χ1n) is 13.3. The number of carbonyl (C=O) groups excluding carboxylic acids is 2. The van der Waals surface area contributed by atoms with E-state index in [2.05, 4.69) is 15.8 Å². The Labute approximate surface area is 256 Å². The third-order valence-electron chi connectivity index (χ3n) is 5.99. The van der Waals surface area contributed by atoms with Gasteiger partial charge in [-0.3, -0.25) is 13.9 Å². The van der Waals surface area contributed by atoms with Crippen LogP contribution < -0.4 is 38.7 Å². The van der Waals surface area contributed by atoms with Crippen molar-refractivity contribution in [1.82, 2.24) is 10.7 Å². The van der Waals surface area contributed by atoms with E-state index in [0.717, 1.165) is 4.31 Å². The predicted molar refractivity (Wildman–Crippen MR) is 165 cm³/mol. The maximum atomic E-state index is 14.0. The van der Waals surface area contributed by atoms with Gasteiger partial charge < -0.3 is 29.0 Å². The molecule has 0 spiro atoms. The van der Waals surface area contributed by atoms with Gasteiger partial charge in [0.2, 0.25) is 0 Å². The first kappa shape index (κ1) is 33.5. The lowest BCUT2D eigenvalue weighted by Crippen LogP contribution is -2.39. The zero-order valence-corrected chi connectivity index (χ0v) is 26.1. The Morgan fingerprint density at radius 1 is 0.818 bits per heavy atom. The van der Waals surface area contributed by atoms with E-state index in [1.165, 1.54) is 65.0 Å². The standard InChI is InChI=1S/C30H36N4O9S/c1-20(2)32-30(36)19-43-22-9-7-21(8-10-22)17-31-33-29(35)18-34(25-15-23(39-3)11-13-26(25)40-4)44(37,38)24-12-14-27(41-5)28(16-24)42-6/h7-17,20H,18-19H2,1-6H3,(H,32,36)(H,33,35)/b31-17-. The molecule has 236 valence electrons. The van der Waals surface area contributed by atoms with Crippen LogP contribution in [0.5, 0.6) is 28.7 Å². The van der Waals surface area contributed by atoms with Crippen molar-refractivity contribution in [3.8, 4) is 28.7 Å². The van der Waals surface area contributed by atoms with Gasteiger partial charge in [-0.15, -0.1) is 0 Å². The second-order valence-corrected chi connectivity index (χ2v) is 11.3. The molecule has 0 aliphatic heterocycles. The minimum atomic E-state index is -4.36. The Kier molecular flexibility index (Phi) is 11.8. The number of anilines is 1. The van der Waals surface area contributed by atoms with E-state index in [4.69, 9.17) is 23.7 Å². The SMILES string of the molecule is COc1ccc(OC)c(N(CC(=O)N/N=C\c2ccc(OCC(=O)NC(C)C)cc2)S(=O)(=O)c2ccc(OC)c(OC)c2)c1. The average molecular weight is 629 g/mol. The number of rotatable bonds is 15. The topological polar surface area (TPSA) is 154 Å². The summed E-state index contributed by atoms with van der Waals surface area (Å²) < 4.78 is 55.5. The number of carbonyl (C=O) groups is 2. The lowest BCUT2D eigenvalue weighted by Gasteiger charge is -2.26. The first-order chi connectivity index (χ1) is 21.0. The van der Waals surface area contributed by atoms with Crippen molar-refractivity contribution >= 4 is 33.7 Å². The van der Waals surface area contributed by atoms with E-state index >= 15 is 0 Å². The molecule has 0 atom stereocenters. The summed E-state index contributed by atoms with van der Waals surface area (Å²) in [5.41, 5.74) is 3.05. The lowest BCUT2D eigenvalue weighted by molar-refractivity contribution is -0.123. The minimum Gasteiger partial charge on any atom is -0.497 e. The van der Waals surface area contributed by atoms with E-state index in [9.17, 15) is 18.0 Å². The Morgan fingerprint density at radius 3 is 2.07 bits per heavy atom. The highest BCUT2D eigenvalue weighted by atomic mass is 32.2. The molecular formula is C30H36N4O9S. The van der Waals surface area contributed by atoms with Crippen molar-refractivity contribution < 1.29 is 41.7 Å². The maximum absolute atomic E-state index is 14.0. The molecular weight excluding hydrogens is 592 g/mol. The number of nitrogens with zero attached hydrogens (tertiary/aromatic N) is 2. The van der Waals surface area contributed by atoms with Gasteiger partial charge in [-0.1, -0.05) is 0 Å². The summed E-state index contributed by atoms with van der Waals surface area (Å²) in [6.07, 6.45) is 1.38. The van der Waals surface area contributed by atoms with Crippen LogP contribution in [0, 0.1) is 0 Å². The van der Waals surface area contributed by atoms with Crippen molar-refractivity contribution in [2.75, 3.05) is 45.9 Å². The zero-order chi connectivity index (χ0) is 32.3. The molecule has 0 saturated heterocycles. The third kappa shape index (κ3) is 8.77. The van der Waals surface area contributed by atoms with Crippen LogP contribution in [-0.4, -0.2) is 74.1 Å². The van der Waals surface area contributed by atoms with Gasteiger partial charge in [0, 0.05) is 18.2 Å². The molecule has 3 aromatic rings. The summed E-state index contributed by atoms with van der Waals surface area (Å²) in [5, 5.41) is 6.70. The van der Waals surface area contributed by atoms with Crippen molar-refractivity contribution in [3.05, 3.63) is 66.2 Å². The Morgan fingerprint density at radius 2 is 1.45 bits per heavy atom. The van der Waals surface area contributed by atoms with E-state index in [-0.39, 0.29) is 40.6 Å². The van der Waals surface area contributed by atoms with Gasteiger partial charge in [-0.05, 0) is 67.9 Å². The van der Waals surface area contributed by atoms with Gasteiger partial charge in [-0.25, -0.2) is 13.8 Å². The molecule has 2 N–H and O–H groups in total. The summed E-state index contributed by atoms with van der Waals surface area (Å²) in [5.74, 6) is 0.576. The number of methoxy groups -OCH3 is 4. The van der Waals surface area contributed by atoms with Gasteiger partial charge in [0.15, 0.2) is 18.1 Å². The van der Waals surface area contributed by atoms with Crippen molar-refractivity contribution in [2.45, 2.75) is 24.8 Å². The molecule has 3 rings (SSSR count). The molecule has 0 aliphatic carbocycles. The number of ether oxygens (including phenoxy) is 5. The highest BCUT2D eigenvalue weighted by Gasteiger charge is 2.31. The van der Waals surface area contributed by atoms with Crippen LogP contribution in [0.3, 0.4) is 0 Å². The number of amides is 2. The molecule has 0 bridgehead atoms. The number of benzene rings is 3. The van der Waals surface area contributed by atoms with E-state index in [0.29, 0.717) is 22.8 Å². The normalized spacial score (nSPS) is 11.2. The summed E-state index contributed by atoms with van der Waals surface area (Å²) in [6.45, 7) is 2.94. The molecule has 13 nitrogen and oxygen atoms in total. The molecule has 3 aromatic carbocycles. The number of sulfonamides is 1. The second kappa shape index (κ2) is 15.5. The highest BCUT2D eigenvalue weighted by Crippen LogP contribution is 2.37. The number of hydrogen-bond acceptors (Lipinski definition) is 10. The summed E-state index contributed by atoms with van der Waals surface area (Å²) in [4.78, 5) is 24.7. The van der Waals surface area contributed by atoms with Crippen LogP contribution in [0.15, 0.2) is 70.7 Å². The summed E-state index contributed by atoms with van der Waals surface area (Å²) >= 11 is 0. The fourth-order valence-electron chi connectivity index (χ4n) is 3.90. The van der Waals surface area contributed by atoms with Crippen LogP contribution in [-0.2, 0) is 19.6 Å². The molecule has 0 saturated carbocycles. The number of nitrogens with one attached hydrogen (secondary N) is 2. The molecule has 44 heavy (non-hydrogen) atoms.